The van der Waals surface area contributed by atoms with Crippen LogP contribution in [0.1, 0.15) is 25.8 Å². The molecule has 0 N–H and O–H groups in total. The van der Waals surface area contributed by atoms with E-state index in [4.69, 9.17) is 16.3 Å². The summed E-state index contributed by atoms with van der Waals surface area (Å²) in [6, 6.07) is 5.81. The van der Waals surface area contributed by atoms with Crippen LogP contribution in [-0.4, -0.2) is 31.1 Å². The third-order valence-corrected chi connectivity index (χ3v) is 4.23. The van der Waals surface area contributed by atoms with Crippen LogP contribution in [0, 0.1) is 11.8 Å². The van der Waals surface area contributed by atoms with Crippen molar-refractivity contribution >= 4 is 11.6 Å². The zero-order valence-electron chi connectivity index (χ0n) is 13.1. The molecule has 1 fully saturated rings. The number of hydrogen-bond acceptors (Lipinski definition) is 2. The van der Waals surface area contributed by atoms with Crippen molar-refractivity contribution < 1.29 is 4.74 Å². The molecule has 1 heterocycles. The van der Waals surface area contributed by atoms with Crippen molar-refractivity contribution in [2.24, 2.45) is 11.8 Å². The molecule has 3 heteroatoms. The first-order valence-corrected chi connectivity index (χ1v) is 8.20. The Morgan fingerprint density at radius 3 is 2.71 bits per heavy atom. The fourth-order valence-corrected chi connectivity index (χ4v) is 3.46. The zero-order valence-corrected chi connectivity index (χ0v) is 13.9. The van der Waals surface area contributed by atoms with E-state index in [-0.39, 0.29) is 0 Å². The van der Waals surface area contributed by atoms with Crippen LogP contribution in [0.5, 0.6) is 5.75 Å². The van der Waals surface area contributed by atoms with Crippen LogP contribution < -0.4 is 4.74 Å². The second-order valence-electron chi connectivity index (χ2n) is 6.30. The van der Waals surface area contributed by atoms with Crippen molar-refractivity contribution in [3.63, 3.8) is 0 Å². The van der Waals surface area contributed by atoms with E-state index in [1.807, 2.05) is 24.3 Å². The highest BCUT2D eigenvalue weighted by Crippen LogP contribution is 2.24. The molecular weight excluding hydrogens is 282 g/mol. The van der Waals surface area contributed by atoms with Gasteiger partial charge >= 0.3 is 0 Å². The molecule has 0 saturated carbocycles. The summed E-state index contributed by atoms with van der Waals surface area (Å²) in [5.74, 6) is 2.51. The number of likely N-dealkylation sites (tertiary alicyclic amines) is 1. The van der Waals surface area contributed by atoms with Crippen LogP contribution in [0.3, 0.4) is 0 Å². The molecule has 2 atom stereocenters. The highest BCUT2D eigenvalue weighted by Gasteiger charge is 2.21. The van der Waals surface area contributed by atoms with E-state index in [9.17, 15) is 0 Å². The van der Waals surface area contributed by atoms with E-state index in [1.165, 1.54) is 19.5 Å². The van der Waals surface area contributed by atoms with Crippen LogP contribution >= 0.6 is 11.6 Å². The Hall–Kier alpha value is -0.990. The molecule has 0 bridgehead atoms. The molecule has 0 amide bonds. The first-order valence-electron chi connectivity index (χ1n) is 7.83. The fourth-order valence-electron chi connectivity index (χ4n) is 3.26. The average Bonchev–Trinajstić information content (AvgIpc) is 2.40. The van der Waals surface area contributed by atoms with Crippen molar-refractivity contribution in [2.75, 3.05) is 26.2 Å². The molecule has 2 nitrogen and oxygen atoms in total. The summed E-state index contributed by atoms with van der Waals surface area (Å²) >= 11 is 6.04. The molecule has 0 aliphatic carbocycles. The molecule has 0 radical (unpaired) electrons. The van der Waals surface area contributed by atoms with E-state index in [2.05, 4.69) is 25.3 Å². The maximum absolute atomic E-state index is 6.04. The Balaban J connectivity index is 1.87. The molecule has 1 aliphatic rings. The molecule has 0 aromatic heterocycles. The minimum atomic E-state index is 0.727. The maximum atomic E-state index is 6.04. The number of halogens is 1. The number of nitrogens with zero attached hydrogens (tertiary/aromatic N) is 1. The van der Waals surface area contributed by atoms with Gasteiger partial charge in [-0.1, -0.05) is 31.5 Å². The maximum Gasteiger partial charge on any atom is 0.122 e. The standard InChI is InChI=1S/C18H26ClNO/c1-4-5-16-11-17(19)6-7-18(16)21-9-8-20-12-14(2)10-15(3)13-20/h4,6-7,11,14-15H,1,5,8-10,12-13H2,2-3H3/t14-,15-/m1/s1. The van der Waals surface area contributed by atoms with Gasteiger partial charge in [0.1, 0.15) is 12.4 Å². The zero-order chi connectivity index (χ0) is 15.2. The van der Waals surface area contributed by atoms with Gasteiger partial charge in [0.2, 0.25) is 0 Å². The summed E-state index contributed by atoms with van der Waals surface area (Å²) in [7, 11) is 0. The van der Waals surface area contributed by atoms with Gasteiger partial charge in [-0.3, -0.25) is 4.90 Å². The van der Waals surface area contributed by atoms with Crippen LogP contribution in [-0.2, 0) is 6.42 Å². The smallest absolute Gasteiger partial charge is 0.122 e. The molecule has 116 valence electrons. The summed E-state index contributed by atoms with van der Waals surface area (Å²) in [5, 5.41) is 0.748. The van der Waals surface area contributed by atoms with Gasteiger partial charge in [0, 0.05) is 24.7 Å². The third kappa shape index (κ3) is 5.05. The first kappa shape index (κ1) is 16.4. The van der Waals surface area contributed by atoms with Gasteiger partial charge in [-0.25, -0.2) is 0 Å². The molecule has 1 saturated heterocycles. The van der Waals surface area contributed by atoms with Crippen LogP contribution in [0.2, 0.25) is 5.02 Å². The van der Waals surface area contributed by atoms with E-state index >= 15 is 0 Å². The van der Waals surface area contributed by atoms with Gasteiger partial charge < -0.3 is 4.74 Å². The summed E-state index contributed by atoms with van der Waals surface area (Å²) in [6.07, 6.45) is 4.01. The summed E-state index contributed by atoms with van der Waals surface area (Å²) in [6.45, 7) is 12.6. The normalized spacial score (nSPS) is 23.0. The fraction of sp³-hybridized carbons (Fsp3) is 0.556. The topological polar surface area (TPSA) is 12.5 Å². The average molecular weight is 308 g/mol. The van der Waals surface area contributed by atoms with Gasteiger partial charge in [-0.2, -0.15) is 0 Å². The Morgan fingerprint density at radius 2 is 2.05 bits per heavy atom. The van der Waals surface area contributed by atoms with E-state index < -0.39 is 0 Å². The van der Waals surface area contributed by atoms with Gasteiger partial charge in [-0.05, 0) is 48.4 Å². The molecule has 1 aromatic carbocycles. The molecular formula is C18H26ClNO. The van der Waals surface area contributed by atoms with Crippen LogP contribution in [0.15, 0.2) is 30.9 Å². The number of allylic oxidation sites excluding steroid dienone is 1. The van der Waals surface area contributed by atoms with Gasteiger partial charge in [0.25, 0.3) is 0 Å². The Labute approximate surface area is 133 Å². The predicted molar refractivity (Wildman–Crippen MR) is 90.2 cm³/mol. The Bertz CT molecular complexity index is 464. The molecule has 1 aromatic rings. The monoisotopic (exact) mass is 307 g/mol. The lowest BCUT2D eigenvalue weighted by Crippen LogP contribution is -2.40. The Kier molecular flexibility index (Phi) is 6.13. The first-order chi connectivity index (χ1) is 10.1. The van der Waals surface area contributed by atoms with Crippen molar-refractivity contribution in [1.82, 2.24) is 4.90 Å². The number of rotatable bonds is 6. The SMILES string of the molecule is C=CCc1cc(Cl)ccc1OCCN1C[C@H](C)C[C@@H](C)C1. The minimum Gasteiger partial charge on any atom is -0.492 e. The van der Waals surface area contributed by atoms with Crippen molar-refractivity contribution in [1.29, 1.82) is 0 Å². The number of ether oxygens (including phenoxy) is 1. The number of piperidine rings is 1. The highest BCUT2D eigenvalue weighted by molar-refractivity contribution is 6.30. The highest BCUT2D eigenvalue weighted by atomic mass is 35.5. The van der Waals surface area contributed by atoms with Crippen LogP contribution in [0.25, 0.3) is 0 Å². The van der Waals surface area contributed by atoms with E-state index in [0.717, 1.165) is 47.7 Å². The molecule has 1 aliphatic heterocycles. The molecule has 0 spiro atoms. The molecule has 0 unspecified atom stereocenters. The molecule has 21 heavy (non-hydrogen) atoms. The second-order valence-corrected chi connectivity index (χ2v) is 6.74. The summed E-state index contributed by atoms with van der Waals surface area (Å²) < 4.78 is 5.97. The summed E-state index contributed by atoms with van der Waals surface area (Å²) in [4.78, 5) is 2.52. The quantitative estimate of drug-likeness (QED) is 0.721. The number of benzene rings is 1. The number of hydrogen-bond donors (Lipinski definition) is 0. The predicted octanol–water partition coefficient (Wildman–Crippen LogP) is 4.43. The van der Waals surface area contributed by atoms with Crippen LogP contribution in [0.4, 0.5) is 0 Å². The third-order valence-electron chi connectivity index (χ3n) is 4.00. The largest absolute Gasteiger partial charge is 0.492 e. The van der Waals surface area contributed by atoms with E-state index in [0.29, 0.717) is 0 Å². The second kappa shape index (κ2) is 7.86. The van der Waals surface area contributed by atoms with Crippen molar-refractivity contribution in [3.8, 4) is 5.75 Å². The van der Waals surface area contributed by atoms with Gasteiger partial charge in [0.15, 0.2) is 0 Å². The summed E-state index contributed by atoms with van der Waals surface area (Å²) in [5.41, 5.74) is 1.11. The Morgan fingerprint density at radius 1 is 1.33 bits per heavy atom. The molecule has 2 rings (SSSR count). The lowest BCUT2D eigenvalue weighted by Gasteiger charge is -2.34. The van der Waals surface area contributed by atoms with E-state index in [1.54, 1.807) is 0 Å². The minimum absolute atomic E-state index is 0.727. The van der Waals surface area contributed by atoms with Crippen molar-refractivity contribution in [3.05, 3.63) is 41.4 Å². The lowest BCUT2D eigenvalue weighted by atomic mass is 9.92. The van der Waals surface area contributed by atoms with Gasteiger partial charge in [0.05, 0.1) is 0 Å². The van der Waals surface area contributed by atoms with Gasteiger partial charge in [-0.15, -0.1) is 6.58 Å². The lowest BCUT2D eigenvalue weighted by molar-refractivity contribution is 0.120. The van der Waals surface area contributed by atoms with Crippen molar-refractivity contribution in [2.45, 2.75) is 26.7 Å².